The van der Waals surface area contributed by atoms with Gasteiger partial charge in [0.15, 0.2) is 0 Å². The maximum atomic E-state index is 13.5. The van der Waals surface area contributed by atoms with Gasteiger partial charge in [0.2, 0.25) is 0 Å². The van der Waals surface area contributed by atoms with Gasteiger partial charge in [-0.2, -0.15) is 0 Å². The molecule has 2 aromatic rings. The first-order valence-electron chi connectivity index (χ1n) is 7.10. The molecule has 0 amide bonds. The van der Waals surface area contributed by atoms with Crippen molar-refractivity contribution in [2.24, 2.45) is 0 Å². The van der Waals surface area contributed by atoms with Crippen molar-refractivity contribution >= 4 is 0 Å². The summed E-state index contributed by atoms with van der Waals surface area (Å²) in [7, 11) is 0. The third-order valence-corrected chi connectivity index (χ3v) is 3.56. The minimum atomic E-state index is -0.217. The molecule has 2 nitrogen and oxygen atoms in total. The van der Waals surface area contributed by atoms with Crippen LogP contribution in [0.4, 0.5) is 4.39 Å². The molecule has 1 fully saturated rings. The highest BCUT2D eigenvalue weighted by Crippen LogP contribution is 2.17. The van der Waals surface area contributed by atoms with Gasteiger partial charge in [-0.1, -0.05) is 30.3 Å². The first kappa shape index (κ1) is 13.1. The molecular weight excluding hydrogens is 253 g/mol. The SMILES string of the molecule is Fc1ccccc1COc1cccc(C[NH2+]C2CC2)c1. The lowest BCUT2D eigenvalue weighted by atomic mass is 10.2. The van der Waals surface area contributed by atoms with E-state index in [0.717, 1.165) is 18.3 Å². The zero-order valence-electron chi connectivity index (χ0n) is 11.4. The van der Waals surface area contributed by atoms with E-state index < -0.39 is 0 Å². The number of hydrogen-bond donors (Lipinski definition) is 1. The quantitative estimate of drug-likeness (QED) is 0.859. The van der Waals surface area contributed by atoms with Crippen molar-refractivity contribution in [1.29, 1.82) is 0 Å². The molecule has 2 N–H and O–H groups in total. The summed E-state index contributed by atoms with van der Waals surface area (Å²) in [5.41, 5.74) is 1.84. The average Bonchev–Trinajstić information content (AvgIpc) is 3.29. The highest BCUT2D eigenvalue weighted by molar-refractivity contribution is 5.28. The molecule has 0 heterocycles. The molecule has 0 aliphatic heterocycles. The number of halogens is 1. The van der Waals surface area contributed by atoms with Crippen molar-refractivity contribution in [3.63, 3.8) is 0 Å². The second-order valence-corrected chi connectivity index (χ2v) is 5.30. The second-order valence-electron chi connectivity index (χ2n) is 5.30. The van der Waals surface area contributed by atoms with Gasteiger partial charge in [0.25, 0.3) is 0 Å². The van der Waals surface area contributed by atoms with Crippen molar-refractivity contribution in [3.05, 3.63) is 65.5 Å². The van der Waals surface area contributed by atoms with Crippen molar-refractivity contribution < 1.29 is 14.4 Å². The topological polar surface area (TPSA) is 25.8 Å². The molecule has 0 bridgehead atoms. The van der Waals surface area contributed by atoms with E-state index in [-0.39, 0.29) is 12.4 Å². The highest BCUT2D eigenvalue weighted by atomic mass is 19.1. The normalized spacial score (nSPS) is 14.2. The van der Waals surface area contributed by atoms with Crippen LogP contribution in [0.1, 0.15) is 24.0 Å². The summed E-state index contributed by atoms with van der Waals surface area (Å²) in [6.07, 6.45) is 2.67. The van der Waals surface area contributed by atoms with Gasteiger partial charge < -0.3 is 10.1 Å². The molecule has 0 spiro atoms. The monoisotopic (exact) mass is 272 g/mol. The second kappa shape index (κ2) is 6.06. The molecule has 0 saturated heterocycles. The zero-order valence-corrected chi connectivity index (χ0v) is 11.4. The average molecular weight is 272 g/mol. The van der Waals surface area contributed by atoms with Crippen molar-refractivity contribution in [2.45, 2.75) is 32.0 Å². The molecule has 3 rings (SSSR count). The standard InChI is InChI=1S/C17H18FNO/c18-17-7-2-1-5-14(17)12-20-16-6-3-4-13(10-16)11-19-15-8-9-15/h1-7,10,15,19H,8-9,11-12H2/p+1. The number of benzene rings is 2. The maximum Gasteiger partial charge on any atom is 0.129 e. The van der Waals surface area contributed by atoms with E-state index in [0.29, 0.717) is 5.56 Å². The van der Waals surface area contributed by atoms with Crippen LogP contribution in [0.25, 0.3) is 0 Å². The molecule has 1 aliphatic rings. The van der Waals surface area contributed by atoms with E-state index in [1.54, 1.807) is 12.1 Å². The number of quaternary nitrogens is 1. The zero-order chi connectivity index (χ0) is 13.8. The third kappa shape index (κ3) is 3.58. The Bertz CT molecular complexity index is 581. The molecule has 0 aromatic heterocycles. The molecule has 0 atom stereocenters. The smallest absolute Gasteiger partial charge is 0.129 e. The Balaban J connectivity index is 1.59. The Morgan fingerprint density at radius 3 is 2.75 bits per heavy atom. The number of nitrogens with two attached hydrogens (primary N) is 1. The fourth-order valence-corrected chi connectivity index (χ4v) is 2.17. The van der Waals surface area contributed by atoms with Gasteiger partial charge in [-0.05, 0) is 18.2 Å². The lowest BCUT2D eigenvalue weighted by molar-refractivity contribution is -0.683. The van der Waals surface area contributed by atoms with Crippen LogP contribution in [0, 0.1) is 5.82 Å². The van der Waals surface area contributed by atoms with Gasteiger partial charge in [-0.25, -0.2) is 4.39 Å². The van der Waals surface area contributed by atoms with E-state index in [4.69, 9.17) is 4.74 Å². The highest BCUT2D eigenvalue weighted by Gasteiger charge is 2.24. The predicted octanol–water partition coefficient (Wildman–Crippen LogP) is 2.63. The van der Waals surface area contributed by atoms with E-state index in [2.05, 4.69) is 11.4 Å². The van der Waals surface area contributed by atoms with Crippen LogP contribution < -0.4 is 10.1 Å². The Hall–Kier alpha value is -1.87. The Kier molecular flexibility index (Phi) is 3.97. The van der Waals surface area contributed by atoms with Crippen LogP contribution in [0.15, 0.2) is 48.5 Å². The van der Waals surface area contributed by atoms with Crippen molar-refractivity contribution in [2.75, 3.05) is 0 Å². The van der Waals surface area contributed by atoms with Crippen molar-refractivity contribution in [3.8, 4) is 5.75 Å². The summed E-state index contributed by atoms with van der Waals surface area (Å²) in [6, 6.07) is 15.6. The van der Waals surface area contributed by atoms with Crippen LogP contribution in [0.5, 0.6) is 5.75 Å². The van der Waals surface area contributed by atoms with Gasteiger partial charge in [0.05, 0.1) is 6.04 Å². The van der Waals surface area contributed by atoms with Gasteiger partial charge in [-0.3, -0.25) is 0 Å². The first-order valence-corrected chi connectivity index (χ1v) is 7.10. The fourth-order valence-electron chi connectivity index (χ4n) is 2.17. The summed E-state index contributed by atoms with van der Waals surface area (Å²) >= 11 is 0. The number of ether oxygens (including phenoxy) is 1. The summed E-state index contributed by atoms with van der Waals surface area (Å²) in [4.78, 5) is 0. The van der Waals surface area contributed by atoms with E-state index >= 15 is 0 Å². The van der Waals surface area contributed by atoms with Gasteiger partial charge in [0, 0.05) is 24.0 Å². The van der Waals surface area contributed by atoms with Crippen molar-refractivity contribution in [1.82, 2.24) is 0 Å². The molecule has 0 unspecified atom stereocenters. The molecule has 3 heteroatoms. The van der Waals surface area contributed by atoms with Crippen LogP contribution in [0.3, 0.4) is 0 Å². The predicted molar refractivity (Wildman–Crippen MR) is 75.8 cm³/mol. The maximum absolute atomic E-state index is 13.5. The van der Waals surface area contributed by atoms with Gasteiger partial charge in [-0.15, -0.1) is 0 Å². The molecule has 0 radical (unpaired) electrons. The molecule has 1 aliphatic carbocycles. The van der Waals surface area contributed by atoms with Gasteiger partial charge in [0.1, 0.15) is 24.7 Å². The number of rotatable bonds is 6. The lowest BCUT2D eigenvalue weighted by Crippen LogP contribution is -2.84. The number of hydrogen-bond acceptors (Lipinski definition) is 1. The fraction of sp³-hybridized carbons (Fsp3) is 0.294. The summed E-state index contributed by atoms with van der Waals surface area (Å²) in [5.74, 6) is 0.584. The molecular formula is C17H19FNO+. The third-order valence-electron chi connectivity index (χ3n) is 3.56. The van der Waals surface area contributed by atoms with Crippen LogP contribution in [-0.2, 0) is 13.2 Å². The summed E-state index contributed by atoms with van der Waals surface area (Å²) in [5, 5.41) is 2.37. The van der Waals surface area contributed by atoms with E-state index in [1.165, 1.54) is 24.5 Å². The minimum absolute atomic E-state index is 0.217. The summed E-state index contributed by atoms with van der Waals surface area (Å²) in [6.45, 7) is 1.25. The largest absolute Gasteiger partial charge is 0.489 e. The Labute approximate surface area is 118 Å². The first-order chi connectivity index (χ1) is 9.81. The molecule has 2 aromatic carbocycles. The molecule has 104 valence electrons. The van der Waals surface area contributed by atoms with Gasteiger partial charge >= 0.3 is 0 Å². The molecule has 20 heavy (non-hydrogen) atoms. The van der Waals surface area contributed by atoms with Crippen LogP contribution in [-0.4, -0.2) is 6.04 Å². The Morgan fingerprint density at radius 2 is 1.95 bits per heavy atom. The Morgan fingerprint density at radius 1 is 1.10 bits per heavy atom. The summed E-state index contributed by atoms with van der Waals surface area (Å²) < 4.78 is 19.2. The minimum Gasteiger partial charge on any atom is -0.489 e. The lowest BCUT2D eigenvalue weighted by Gasteiger charge is -2.08. The van der Waals surface area contributed by atoms with E-state index in [9.17, 15) is 4.39 Å². The molecule has 1 saturated carbocycles. The van der Waals surface area contributed by atoms with Crippen LogP contribution >= 0.6 is 0 Å². The van der Waals surface area contributed by atoms with Crippen LogP contribution in [0.2, 0.25) is 0 Å². The van der Waals surface area contributed by atoms with E-state index in [1.807, 2.05) is 24.3 Å².